The first-order valence-corrected chi connectivity index (χ1v) is 6.52. The third kappa shape index (κ3) is 3.04. The van der Waals surface area contributed by atoms with Gasteiger partial charge in [0, 0.05) is 19.7 Å². The molecule has 2 atom stereocenters. The van der Waals surface area contributed by atoms with Gasteiger partial charge in [-0.15, -0.1) is 0 Å². The van der Waals surface area contributed by atoms with Crippen molar-refractivity contribution >= 4 is 22.6 Å². The summed E-state index contributed by atoms with van der Waals surface area (Å²) in [4.78, 5) is 8.09. The Hall–Kier alpha value is -0.430. The van der Waals surface area contributed by atoms with Gasteiger partial charge in [0.25, 0.3) is 0 Å². The topological polar surface area (TPSA) is 44.2 Å². The average molecular weight is 334 g/mol. The fourth-order valence-electron chi connectivity index (χ4n) is 1.97. The van der Waals surface area contributed by atoms with E-state index in [1.165, 1.54) is 6.33 Å². The zero-order chi connectivity index (χ0) is 11.4. The molecule has 1 aliphatic carbocycles. The molecule has 1 aromatic heterocycles. The highest BCUT2D eigenvalue weighted by molar-refractivity contribution is 14.1. The summed E-state index contributed by atoms with van der Waals surface area (Å²) in [6.45, 7) is 0. The third-order valence-electron chi connectivity index (χ3n) is 2.82. The minimum absolute atomic E-state index is 0.224. The number of nitrogens with zero attached hydrogens (tertiary/aromatic N) is 2. The van der Waals surface area contributed by atoms with Crippen molar-refractivity contribution in [1.82, 2.24) is 9.97 Å². The maximum Gasteiger partial charge on any atom is 0.230 e. The number of halogens is 1. The zero-order valence-electron chi connectivity index (χ0n) is 9.23. The molecule has 0 aliphatic heterocycles. The molecule has 0 amide bonds. The molecule has 16 heavy (non-hydrogen) atoms. The summed E-state index contributed by atoms with van der Waals surface area (Å²) in [5.41, 5.74) is 0. The third-order valence-corrected chi connectivity index (χ3v) is 3.56. The van der Waals surface area contributed by atoms with Gasteiger partial charge in [-0.3, -0.25) is 0 Å². The van der Waals surface area contributed by atoms with E-state index < -0.39 is 0 Å². The van der Waals surface area contributed by atoms with Crippen LogP contribution >= 0.6 is 22.6 Å². The van der Waals surface area contributed by atoms with Gasteiger partial charge in [-0.25, -0.2) is 9.97 Å². The van der Waals surface area contributed by atoms with Crippen molar-refractivity contribution in [3.8, 4) is 5.88 Å². The highest BCUT2D eigenvalue weighted by atomic mass is 127. The van der Waals surface area contributed by atoms with Crippen LogP contribution in [-0.2, 0) is 4.74 Å². The smallest absolute Gasteiger partial charge is 0.230 e. The van der Waals surface area contributed by atoms with Crippen LogP contribution in [0.5, 0.6) is 5.88 Å². The van der Waals surface area contributed by atoms with Crippen LogP contribution in [-0.4, -0.2) is 29.3 Å². The Morgan fingerprint density at radius 1 is 1.38 bits per heavy atom. The maximum atomic E-state index is 5.88. The Kier molecular flexibility index (Phi) is 4.34. The molecule has 1 heterocycles. The average Bonchev–Trinajstić information content (AvgIpc) is 2.32. The summed E-state index contributed by atoms with van der Waals surface area (Å²) in [6.07, 6.45) is 8.17. The number of aromatic nitrogens is 2. The first kappa shape index (κ1) is 12.0. The van der Waals surface area contributed by atoms with E-state index in [9.17, 15) is 0 Å². The number of methoxy groups -OCH3 is 1. The zero-order valence-corrected chi connectivity index (χ0v) is 11.4. The number of hydrogen-bond acceptors (Lipinski definition) is 4. The molecular formula is C11H15IN2O2. The molecule has 0 N–H and O–H groups in total. The summed E-state index contributed by atoms with van der Waals surface area (Å²) < 4.78 is 12.2. The van der Waals surface area contributed by atoms with Crippen LogP contribution in [0.2, 0.25) is 0 Å². The summed E-state index contributed by atoms with van der Waals surface area (Å²) in [5, 5.41) is 0. The Labute approximate surface area is 109 Å². The predicted molar refractivity (Wildman–Crippen MR) is 68.4 cm³/mol. The van der Waals surface area contributed by atoms with Crippen LogP contribution in [0.25, 0.3) is 0 Å². The van der Waals surface area contributed by atoms with Crippen molar-refractivity contribution in [2.45, 2.75) is 37.9 Å². The highest BCUT2D eigenvalue weighted by Gasteiger charge is 2.23. The SMILES string of the molecule is COC1CCCC(Oc2ncncc2I)C1. The number of rotatable bonds is 3. The van der Waals surface area contributed by atoms with E-state index in [0.29, 0.717) is 12.0 Å². The number of ether oxygens (including phenoxy) is 2. The minimum atomic E-state index is 0.224. The van der Waals surface area contributed by atoms with E-state index in [0.717, 1.165) is 29.3 Å². The van der Waals surface area contributed by atoms with E-state index in [-0.39, 0.29) is 6.10 Å². The van der Waals surface area contributed by atoms with Crippen molar-refractivity contribution in [2.75, 3.05) is 7.11 Å². The lowest BCUT2D eigenvalue weighted by molar-refractivity contribution is 0.0191. The molecule has 0 aromatic carbocycles. The van der Waals surface area contributed by atoms with Crippen molar-refractivity contribution < 1.29 is 9.47 Å². The molecule has 2 unspecified atom stereocenters. The van der Waals surface area contributed by atoms with Gasteiger partial charge < -0.3 is 9.47 Å². The maximum absolute atomic E-state index is 5.88. The van der Waals surface area contributed by atoms with Crippen molar-refractivity contribution in [1.29, 1.82) is 0 Å². The van der Waals surface area contributed by atoms with Crippen molar-refractivity contribution in [2.24, 2.45) is 0 Å². The second-order valence-corrected chi connectivity index (χ2v) is 5.10. The van der Waals surface area contributed by atoms with Gasteiger partial charge in [-0.1, -0.05) is 0 Å². The Morgan fingerprint density at radius 3 is 2.94 bits per heavy atom. The molecule has 0 saturated heterocycles. The molecular weight excluding hydrogens is 319 g/mol. The Bertz CT molecular complexity index is 349. The van der Waals surface area contributed by atoms with E-state index >= 15 is 0 Å². The van der Waals surface area contributed by atoms with Gasteiger partial charge in [0.1, 0.15) is 12.4 Å². The number of hydrogen-bond donors (Lipinski definition) is 0. The first-order chi connectivity index (χ1) is 7.79. The molecule has 88 valence electrons. The minimum Gasteiger partial charge on any atom is -0.473 e. The van der Waals surface area contributed by atoms with Gasteiger partial charge >= 0.3 is 0 Å². The molecule has 0 bridgehead atoms. The lowest BCUT2D eigenvalue weighted by atomic mass is 9.95. The summed E-state index contributed by atoms with van der Waals surface area (Å²) in [7, 11) is 1.77. The van der Waals surface area contributed by atoms with E-state index in [4.69, 9.17) is 9.47 Å². The summed E-state index contributed by atoms with van der Waals surface area (Å²) >= 11 is 2.19. The van der Waals surface area contributed by atoms with Gasteiger partial charge in [-0.05, 0) is 41.9 Å². The monoisotopic (exact) mass is 334 g/mol. The second kappa shape index (κ2) is 5.77. The van der Waals surface area contributed by atoms with Crippen LogP contribution in [0.4, 0.5) is 0 Å². The molecule has 1 fully saturated rings. The van der Waals surface area contributed by atoms with Crippen LogP contribution in [0.15, 0.2) is 12.5 Å². The fourth-order valence-corrected chi connectivity index (χ4v) is 2.40. The Balaban J connectivity index is 1.97. The van der Waals surface area contributed by atoms with Crippen molar-refractivity contribution in [3.63, 3.8) is 0 Å². The quantitative estimate of drug-likeness (QED) is 0.797. The van der Waals surface area contributed by atoms with Crippen LogP contribution in [0.1, 0.15) is 25.7 Å². The van der Waals surface area contributed by atoms with Crippen LogP contribution < -0.4 is 4.74 Å². The molecule has 1 saturated carbocycles. The van der Waals surface area contributed by atoms with Gasteiger partial charge in [-0.2, -0.15) is 0 Å². The van der Waals surface area contributed by atoms with E-state index in [1.807, 2.05) is 0 Å². The van der Waals surface area contributed by atoms with Crippen molar-refractivity contribution in [3.05, 3.63) is 16.1 Å². The predicted octanol–water partition coefficient (Wildman–Crippen LogP) is 2.42. The van der Waals surface area contributed by atoms with Gasteiger partial charge in [0.05, 0.1) is 9.67 Å². The standard InChI is InChI=1S/C11H15IN2O2/c1-15-8-3-2-4-9(5-8)16-11-10(12)6-13-7-14-11/h6-9H,2-5H2,1H3. The molecule has 0 radical (unpaired) electrons. The molecule has 1 aliphatic rings. The molecule has 5 heteroatoms. The van der Waals surface area contributed by atoms with Crippen LogP contribution in [0, 0.1) is 3.57 Å². The van der Waals surface area contributed by atoms with E-state index in [2.05, 4.69) is 32.6 Å². The lowest BCUT2D eigenvalue weighted by Crippen LogP contribution is -2.29. The van der Waals surface area contributed by atoms with Gasteiger partial charge in [0.15, 0.2) is 0 Å². The normalized spacial score (nSPS) is 25.4. The first-order valence-electron chi connectivity index (χ1n) is 5.44. The Morgan fingerprint density at radius 2 is 2.19 bits per heavy atom. The molecule has 0 spiro atoms. The van der Waals surface area contributed by atoms with Gasteiger partial charge in [0.2, 0.25) is 5.88 Å². The van der Waals surface area contributed by atoms with Crippen LogP contribution in [0.3, 0.4) is 0 Å². The second-order valence-electron chi connectivity index (χ2n) is 3.94. The van der Waals surface area contributed by atoms with E-state index in [1.54, 1.807) is 13.3 Å². The summed E-state index contributed by atoms with van der Waals surface area (Å²) in [5.74, 6) is 0.692. The fraction of sp³-hybridized carbons (Fsp3) is 0.636. The largest absolute Gasteiger partial charge is 0.473 e. The summed E-state index contributed by atoms with van der Waals surface area (Å²) in [6, 6.07) is 0. The lowest BCUT2D eigenvalue weighted by Gasteiger charge is -2.28. The highest BCUT2D eigenvalue weighted by Crippen LogP contribution is 2.26. The molecule has 1 aromatic rings. The molecule has 4 nitrogen and oxygen atoms in total. The molecule has 2 rings (SSSR count).